The third-order valence-electron chi connectivity index (χ3n) is 15.0. The number of hydrogen-bond acceptors (Lipinski definition) is 13. The lowest BCUT2D eigenvalue weighted by Gasteiger charge is -2.43. The third-order valence-corrected chi connectivity index (χ3v) is 15.0. The first-order valence-corrected chi connectivity index (χ1v) is 24.8. The number of cyclic esters (lactones) is 1. The topological polar surface area (TPSA) is 200 Å². The number of aromatic nitrogens is 3. The fourth-order valence-corrected chi connectivity index (χ4v) is 10.7. The summed E-state index contributed by atoms with van der Waals surface area (Å²) >= 11 is 0. The number of aliphatic hydroxyl groups is 3. The quantitative estimate of drug-likeness (QED) is 0.153. The number of methoxy groups -OCH3 is 2. The van der Waals surface area contributed by atoms with Gasteiger partial charge in [-0.1, -0.05) is 71.1 Å². The largest absolute Gasteiger partial charge is 0.461 e. The summed E-state index contributed by atoms with van der Waals surface area (Å²) in [7, 11) is 3.05. The molecule has 2 saturated heterocycles. The number of nitrogens with zero attached hydrogens (tertiary/aromatic N) is 4. The van der Waals surface area contributed by atoms with Crippen molar-refractivity contribution in [2.45, 2.75) is 186 Å². The number of fused-ring (bicyclic) bond motifs is 3. The molecule has 1 unspecified atom stereocenters. The molecule has 0 spiro atoms. The molecular weight excluding hydrogens is 857 g/mol. The highest BCUT2D eigenvalue weighted by molar-refractivity contribution is 6.39. The van der Waals surface area contributed by atoms with Gasteiger partial charge < -0.3 is 39.2 Å². The summed E-state index contributed by atoms with van der Waals surface area (Å²) in [6, 6.07) is -1.38. The molecule has 4 aliphatic rings. The Morgan fingerprint density at radius 3 is 2.31 bits per heavy atom. The Hall–Kier alpha value is -3.86. The summed E-state index contributed by atoms with van der Waals surface area (Å²) in [5.74, 6) is -6.23. The van der Waals surface area contributed by atoms with Gasteiger partial charge in [-0.25, -0.2) is 14.5 Å². The van der Waals surface area contributed by atoms with Crippen LogP contribution in [0.15, 0.2) is 60.3 Å². The molecule has 3 N–H and O–H groups in total. The summed E-state index contributed by atoms with van der Waals surface area (Å²) in [5.41, 5.74) is 1.52. The molecule has 15 nitrogen and oxygen atoms in total. The molecule has 374 valence electrons. The number of carbonyl (C=O) groups is 4. The Morgan fingerprint density at radius 2 is 1.61 bits per heavy atom. The standard InChI is InChI=1S/C52H80N4O11/c1-32-15-11-10-12-16-34(3)42(56-31-53-30-54-56)29-40-21-19-38(7)52(63,67-40)49(60)50(61)55-24-14-13-17-41(55)51(62)66-44(35(4)27-39-20-22-43(57)45(28-39)64-8)23-18-33(2)26-37(6)47(59)48(65-9)46(58)36(5)25-32/h10-12,15-16,26,30-33,35-36,38-45,47-48,57,59,63H,13-14,17-25,27-29H2,1-9H3/b12-10+,15-11+,34-16+,37-26+/t32-,33+,35-,36-,38-,39+,40+,41+,42?,43-,44+,45-,47-,48+,52-/m1/s1. The van der Waals surface area contributed by atoms with Gasteiger partial charge in [-0.05, 0) is 126 Å². The summed E-state index contributed by atoms with van der Waals surface area (Å²) in [5, 5.41) is 38.5. The van der Waals surface area contributed by atoms with Crippen molar-refractivity contribution in [3.63, 3.8) is 0 Å². The maximum absolute atomic E-state index is 14.4. The number of rotatable bonds is 6. The third kappa shape index (κ3) is 14.1. The van der Waals surface area contributed by atoms with E-state index < -0.39 is 65.9 Å². The molecule has 15 atom stereocenters. The molecule has 1 aliphatic carbocycles. The van der Waals surface area contributed by atoms with E-state index in [1.165, 1.54) is 18.3 Å². The maximum Gasteiger partial charge on any atom is 0.329 e. The molecule has 1 aromatic rings. The number of aliphatic hydroxyl groups excluding tert-OH is 2. The average Bonchev–Trinajstić information content (AvgIpc) is 3.85. The molecule has 3 fully saturated rings. The predicted molar refractivity (Wildman–Crippen MR) is 253 cm³/mol. The van der Waals surface area contributed by atoms with Crippen LogP contribution >= 0.6 is 0 Å². The number of carbonyl (C=O) groups excluding carboxylic acids is 4. The van der Waals surface area contributed by atoms with Gasteiger partial charge in [0.05, 0.1) is 24.4 Å². The van der Waals surface area contributed by atoms with Gasteiger partial charge in [0.25, 0.3) is 11.7 Å². The lowest BCUT2D eigenvalue weighted by molar-refractivity contribution is -0.264. The van der Waals surface area contributed by atoms with Gasteiger partial charge in [0.1, 0.15) is 37.0 Å². The van der Waals surface area contributed by atoms with E-state index in [0.717, 1.165) is 18.4 Å². The number of piperidine rings is 1. The molecule has 1 amide bonds. The number of esters is 1. The van der Waals surface area contributed by atoms with Crippen molar-refractivity contribution in [1.82, 2.24) is 19.7 Å². The summed E-state index contributed by atoms with van der Waals surface area (Å²) in [6.45, 7) is 13.6. The molecule has 1 aromatic heterocycles. The molecule has 1 saturated carbocycles. The molecule has 67 heavy (non-hydrogen) atoms. The van der Waals surface area contributed by atoms with Crippen molar-refractivity contribution in [3.8, 4) is 0 Å². The van der Waals surface area contributed by atoms with Crippen molar-refractivity contribution in [3.05, 3.63) is 60.3 Å². The molecular formula is C52H80N4O11. The van der Waals surface area contributed by atoms with Gasteiger partial charge in [0.2, 0.25) is 5.79 Å². The van der Waals surface area contributed by atoms with E-state index in [2.05, 4.69) is 17.0 Å². The summed E-state index contributed by atoms with van der Waals surface area (Å²) < 4.78 is 25.7. The highest BCUT2D eigenvalue weighted by Gasteiger charge is 2.53. The van der Waals surface area contributed by atoms with Crippen LogP contribution in [0.25, 0.3) is 0 Å². The zero-order valence-electron chi connectivity index (χ0n) is 41.5. The Labute approximate surface area is 398 Å². The van der Waals surface area contributed by atoms with Crippen LogP contribution in [-0.4, -0.2) is 128 Å². The van der Waals surface area contributed by atoms with Gasteiger partial charge in [0.15, 0.2) is 5.78 Å². The van der Waals surface area contributed by atoms with Crippen molar-refractivity contribution in [2.75, 3.05) is 20.8 Å². The first-order valence-electron chi connectivity index (χ1n) is 24.8. The van der Waals surface area contributed by atoms with Crippen molar-refractivity contribution >= 4 is 23.4 Å². The minimum absolute atomic E-state index is 0.0504. The van der Waals surface area contributed by atoms with Crippen LogP contribution in [-0.2, 0) is 38.1 Å². The van der Waals surface area contributed by atoms with Crippen LogP contribution in [0.1, 0.15) is 138 Å². The van der Waals surface area contributed by atoms with Crippen molar-refractivity contribution in [2.24, 2.45) is 35.5 Å². The molecule has 5 rings (SSSR count). The first kappa shape index (κ1) is 54.1. The van der Waals surface area contributed by atoms with E-state index in [1.54, 1.807) is 32.0 Å². The molecule has 15 heteroatoms. The van der Waals surface area contributed by atoms with Gasteiger partial charge in [-0.3, -0.25) is 14.4 Å². The molecule has 4 heterocycles. The number of ether oxygens (including phenoxy) is 4. The number of allylic oxidation sites excluding steroid dienone is 7. The van der Waals surface area contributed by atoms with Gasteiger partial charge in [-0.2, -0.15) is 5.10 Å². The van der Waals surface area contributed by atoms with Gasteiger partial charge >= 0.3 is 5.97 Å². The van der Waals surface area contributed by atoms with Crippen molar-refractivity contribution in [1.29, 1.82) is 0 Å². The summed E-state index contributed by atoms with van der Waals surface area (Å²) in [4.78, 5) is 62.4. The highest BCUT2D eigenvalue weighted by Crippen LogP contribution is 2.39. The monoisotopic (exact) mass is 937 g/mol. The van der Waals surface area contributed by atoms with E-state index in [4.69, 9.17) is 18.9 Å². The van der Waals surface area contributed by atoms with Gasteiger partial charge in [0, 0.05) is 39.0 Å². The van der Waals surface area contributed by atoms with Crippen LogP contribution in [0.2, 0.25) is 0 Å². The molecule has 2 bridgehead atoms. The first-order chi connectivity index (χ1) is 31.9. The van der Waals surface area contributed by atoms with E-state index in [1.807, 2.05) is 64.2 Å². The summed E-state index contributed by atoms with van der Waals surface area (Å²) in [6.07, 6.45) is 17.8. The van der Waals surface area contributed by atoms with Crippen molar-refractivity contribution < 1.29 is 53.4 Å². The van der Waals surface area contributed by atoms with Crippen LogP contribution in [0.5, 0.6) is 0 Å². The van der Waals surface area contributed by atoms with Gasteiger partial charge in [-0.15, -0.1) is 0 Å². The Balaban J connectivity index is 1.47. The fraction of sp³-hybridized carbons (Fsp3) is 0.731. The van der Waals surface area contributed by atoms with Crippen LogP contribution in [0.4, 0.5) is 0 Å². The van der Waals surface area contributed by atoms with Crippen LogP contribution in [0.3, 0.4) is 0 Å². The number of Topliss-reactive ketones (excluding diaryl/α,β-unsaturated/α-hetero) is 2. The number of amides is 1. The Kier molecular flexibility index (Phi) is 20.3. The second-order valence-corrected chi connectivity index (χ2v) is 20.4. The number of ketones is 2. The minimum atomic E-state index is -2.41. The Bertz CT molecular complexity index is 1920. The number of hydrogen-bond donors (Lipinski definition) is 3. The van der Waals surface area contributed by atoms with E-state index in [-0.39, 0.29) is 54.1 Å². The lowest BCUT2D eigenvalue weighted by atomic mass is 9.78. The van der Waals surface area contributed by atoms with E-state index >= 15 is 0 Å². The predicted octanol–water partition coefficient (Wildman–Crippen LogP) is 6.82. The maximum atomic E-state index is 14.4. The van der Waals surface area contributed by atoms with E-state index in [9.17, 15) is 34.5 Å². The van der Waals surface area contributed by atoms with E-state index in [0.29, 0.717) is 76.2 Å². The SMILES string of the molecule is CO[C@@H]1C[C@H](C[C@@H](C)[C@@H]2CC[C@H](C)/C=C(\C)[C@@H](O)[C@@H](OC)C(=O)[C@H](C)C[C@H](C)/C=C/C=C/C=C(\C)C(n3cncn3)C[C@@H]3CC[C@@H](C)[C@@](O)(O3)C(=O)C(=O)N3CCCC[C@H]3C(=O)O2)CC[C@H]1O. The smallest absolute Gasteiger partial charge is 0.329 e. The highest BCUT2D eigenvalue weighted by atomic mass is 16.6. The molecule has 0 radical (unpaired) electrons. The van der Waals surface area contributed by atoms with Crippen LogP contribution < -0.4 is 0 Å². The molecule has 0 aromatic carbocycles. The normalized spacial score (nSPS) is 39.5. The lowest BCUT2D eigenvalue weighted by Crippen LogP contribution is -2.60. The fourth-order valence-electron chi connectivity index (χ4n) is 10.7. The Morgan fingerprint density at radius 1 is 0.851 bits per heavy atom. The second kappa shape index (κ2) is 25.1. The second-order valence-electron chi connectivity index (χ2n) is 20.4. The average molecular weight is 937 g/mol. The molecule has 3 aliphatic heterocycles. The van der Waals surface area contributed by atoms with Crippen LogP contribution in [0, 0.1) is 35.5 Å². The minimum Gasteiger partial charge on any atom is -0.461 e. The zero-order chi connectivity index (χ0) is 49.0. The zero-order valence-corrected chi connectivity index (χ0v) is 41.5.